The van der Waals surface area contributed by atoms with Gasteiger partial charge in [0, 0.05) is 11.1 Å². The van der Waals surface area contributed by atoms with Gasteiger partial charge in [0.25, 0.3) is 0 Å². The second-order valence-corrected chi connectivity index (χ2v) is 5.32. The van der Waals surface area contributed by atoms with Gasteiger partial charge >= 0.3 is 0 Å². The first kappa shape index (κ1) is 17.4. The number of para-hydroxylation sites is 1. The average molecular weight is 324 g/mol. The van der Waals surface area contributed by atoms with Crippen molar-refractivity contribution in [1.82, 2.24) is 0 Å². The molecular weight excluding hydrogens is 304 g/mol. The summed E-state index contributed by atoms with van der Waals surface area (Å²) in [5.74, 6) is 1.27. The van der Waals surface area contributed by atoms with Gasteiger partial charge in [-0.25, -0.2) is 0 Å². The standard InChI is InChI=1S/C19H20N2O3/c1-14(2)24-19-16(9-6-10-18(19)22-3)12-21-23-13-17-8-5-4-7-15(17)11-20/h4-10,12,14H,13H2,1-3H3/b21-12-. The lowest BCUT2D eigenvalue weighted by Crippen LogP contribution is -2.08. The fourth-order valence-corrected chi connectivity index (χ4v) is 2.11. The second-order valence-electron chi connectivity index (χ2n) is 5.32. The Labute approximate surface area is 142 Å². The summed E-state index contributed by atoms with van der Waals surface area (Å²) < 4.78 is 11.1. The number of methoxy groups -OCH3 is 1. The largest absolute Gasteiger partial charge is 0.493 e. The molecule has 5 heteroatoms. The zero-order valence-electron chi connectivity index (χ0n) is 14.0. The van der Waals surface area contributed by atoms with Crippen molar-refractivity contribution in [2.24, 2.45) is 5.16 Å². The fourth-order valence-electron chi connectivity index (χ4n) is 2.11. The zero-order chi connectivity index (χ0) is 17.4. The Morgan fingerprint density at radius 2 is 1.96 bits per heavy atom. The first-order chi connectivity index (χ1) is 11.7. The smallest absolute Gasteiger partial charge is 0.170 e. The third kappa shape index (κ3) is 4.50. The summed E-state index contributed by atoms with van der Waals surface area (Å²) in [6.45, 7) is 4.12. The van der Waals surface area contributed by atoms with Crippen LogP contribution in [-0.4, -0.2) is 19.4 Å². The molecule has 24 heavy (non-hydrogen) atoms. The normalized spacial score (nSPS) is 10.6. The van der Waals surface area contributed by atoms with Gasteiger partial charge in [-0.2, -0.15) is 5.26 Å². The predicted octanol–water partition coefficient (Wildman–Crippen LogP) is 3.90. The summed E-state index contributed by atoms with van der Waals surface area (Å²) in [7, 11) is 1.60. The van der Waals surface area contributed by atoms with Gasteiger partial charge < -0.3 is 14.3 Å². The zero-order valence-corrected chi connectivity index (χ0v) is 14.0. The topological polar surface area (TPSA) is 63.8 Å². The SMILES string of the molecule is COc1cccc(/C=N\OCc2ccccc2C#N)c1OC(C)C. The van der Waals surface area contributed by atoms with E-state index in [1.165, 1.54) is 0 Å². The first-order valence-corrected chi connectivity index (χ1v) is 7.62. The van der Waals surface area contributed by atoms with Crippen LogP contribution in [0.5, 0.6) is 11.5 Å². The second kappa shape index (κ2) is 8.59. The van der Waals surface area contributed by atoms with Gasteiger partial charge in [-0.05, 0) is 32.0 Å². The lowest BCUT2D eigenvalue weighted by atomic mass is 10.1. The van der Waals surface area contributed by atoms with E-state index in [0.29, 0.717) is 17.1 Å². The quantitative estimate of drug-likeness (QED) is 0.572. The fraction of sp³-hybridized carbons (Fsp3) is 0.263. The van der Waals surface area contributed by atoms with E-state index in [2.05, 4.69) is 11.2 Å². The molecule has 0 aliphatic rings. The first-order valence-electron chi connectivity index (χ1n) is 7.62. The molecule has 0 fully saturated rings. The van der Waals surface area contributed by atoms with E-state index in [4.69, 9.17) is 19.6 Å². The van der Waals surface area contributed by atoms with Crippen molar-refractivity contribution in [3.63, 3.8) is 0 Å². The maximum Gasteiger partial charge on any atom is 0.170 e. The van der Waals surface area contributed by atoms with Crippen molar-refractivity contribution in [2.75, 3.05) is 7.11 Å². The van der Waals surface area contributed by atoms with E-state index >= 15 is 0 Å². The minimum atomic E-state index is 0.0110. The van der Waals surface area contributed by atoms with E-state index in [0.717, 1.165) is 11.1 Å². The van der Waals surface area contributed by atoms with Gasteiger partial charge in [0.2, 0.25) is 0 Å². The molecule has 0 spiro atoms. The third-order valence-corrected chi connectivity index (χ3v) is 3.21. The van der Waals surface area contributed by atoms with Crippen LogP contribution in [0.2, 0.25) is 0 Å². The number of ether oxygens (including phenoxy) is 2. The van der Waals surface area contributed by atoms with Crippen LogP contribution in [0.3, 0.4) is 0 Å². The Kier molecular flexibility index (Phi) is 6.21. The molecule has 0 unspecified atom stereocenters. The number of hydrogen-bond acceptors (Lipinski definition) is 5. The van der Waals surface area contributed by atoms with Gasteiger partial charge in [-0.15, -0.1) is 0 Å². The molecule has 0 saturated heterocycles. The predicted molar refractivity (Wildman–Crippen MR) is 92.3 cm³/mol. The number of oxime groups is 1. The monoisotopic (exact) mass is 324 g/mol. The van der Waals surface area contributed by atoms with E-state index in [-0.39, 0.29) is 12.7 Å². The lowest BCUT2D eigenvalue weighted by molar-refractivity contribution is 0.132. The molecule has 124 valence electrons. The molecule has 2 rings (SSSR count). The molecule has 5 nitrogen and oxygen atoms in total. The Balaban J connectivity index is 2.10. The molecule has 0 aliphatic heterocycles. The highest BCUT2D eigenvalue weighted by Crippen LogP contribution is 2.31. The van der Waals surface area contributed by atoms with Crippen LogP contribution in [0, 0.1) is 11.3 Å². The Morgan fingerprint density at radius 3 is 2.67 bits per heavy atom. The van der Waals surface area contributed by atoms with Gasteiger partial charge in [-0.1, -0.05) is 29.4 Å². The molecule has 0 heterocycles. The number of hydrogen-bond donors (Lipinski definition) is 0. The van der Waals surface area contributed by atoms with Crippen molar-refractivity contribution < 1.29 is 14.3 Å². The van der Waals surface area contributed by atoms with E-state index in [1.54, 1.807) is 19.4 Å². The van der Waals surface area contributed by atoms with Gasteiger partial charge in [0.05, 0.1) is 31.1 Å². The van der Waals surface area contributed by atoms with E-state index in [9.17, 15) is 0 Å². The molecule has 0 bridgehead atoms. The van der Waals surface area contributed by atoms with Crippen LogP contribution in [-0.2, 0) is 11.4 Å². The number of nitriles is 1. The summed E-state index contributed by atoms with van der Waals surface area (Å²) in [5.41, 5.74) is 2.14. The molecular formula is C19H20N2O3. The molecule has 0 aromatic heterocycles. The maximum atomic E-state index is 9.06. The van der Waals surface area contributed by atoms with E-state index in [1.807, 2.05) is 50.2 Å². The molecule has 0 radical (unpaired) electrons. The molecule has 0 amide bonds. The average Bonchev–Trinajstić information content (AvgIpc) is 2.59. The molecule has 2 aromatic carbocycles. The molecule has 0 atom stereocenters. The van der Waals surface area contributed by atoms with Crippen LogP contribution >= 0.6 is 0 Å². The highest BCUT2D eigenvalue weighted by Gasteiger charge is 2.11. The van der Waals surface area contributed by atoms with Crippen LogP contribution in [0.25, 0.3) is 0 Å². The minimum absolute atomic E-state index is 0.0110. The highest BCUT2D eigenvalue weighted by molar-refractivity contribution is 5.84. The Hall–Kier alpha value is -3.00. The van der Waals surface area contributed by atoms with Gasteiger partial charge in [-0.3, -0.25) is 0 Å². The number of rotatable bonds is 7. The summed E-state index contributed by atoms with van der Waals surface area (Å²) in [6, 6.07) is 15.0. The van der Waals surface area contributed by atoms with Crippen LogP contribution in [0.4, 0.5) is 0 Å². The van der Waals surface area contributed by atoms with Crippen LogP contribution < -0.4 is 9.47 Å². The summed E-state index contributed by atoms with van der Waals surface area (Å²) in [5, 5.41) is 13.0. The summed E-state index contributed by atoms with van der Waals surface area (Å²) >= 11 is 0. The van der Waals surface area contributed by atoms with Crippen LogP contribution in [0.1, 0.15) is 30.5 Å². The molecule has 0 aliphatic carbocycles. The Bertz CT molecular complexity index is 749. The van der Waals surface area contributed by atoms with Crippen molar-refractivity contribution in [2.45, 2.75) is 26.6 Å². The van der Waals surface area contributed by atoms with Crippen molar-refractivity contribution in [1.29, 1.82) is 5.26 Å². The van der Waals surface area contributed by atoms with E-state index < -0.39 is 0 Å². The van der Waals surface area contributed by atoms with Crippen LogP contribution in [0.15, 0.2) is 47.6 Å². The molecule has 2 aromatic rings. The van der Waals surface area contributed by atoms with Crippen molar-refractivity contribution in [3.05, 3.63) is 59.2 Å². The highest BCUT2D eigenvalue weighted by atomic mass is 16.6. The van der Waals surface area contributed by atoms with Gasteiger partial charge in [0.1, 0.15) is 6.61 Å². The minimum Gasteiger partial charge on any atom is -0.493 e. The summed E-state index contributed by atoms with van der Waals surface area (Å²) in [4.78, 5) is 5.32. The molecule has 0 saturated carbocycles. The molecule has 0 N–H and O–H groups in total. The Morgan fingerprint density at radius 1 is 1.17 bits per heavy atom. The maximum absolute atomic E-state index is 9.06. The van der Waals surface area contributed by atoms with Crippen molar-refractivity contribution >= 4 is 6.21 Å². The number of benzene rings is 2. The van der Waals surface area contributed by atoms with Crippen molar-refractivity contribution in [3.8, 4) is 17.6 Å². The number of nitrogens with zero attached hydrogens (tertiary/aromatic N) is 2. The summed E-state index contributed by atoms with van der Waals surface area (Å²) in [6.07, 6.45) is 1.59. The third-order valence-electron chi connectivity index (χ3n) is 3.21. The lowest BCUT2D eigenvalue weighted by Gasteiger charge is -2.15. The van der Waals surface area contributed by atoms with Gasteiger partial charge in [0.15, 0.2) is 11.5 Å².